The minimum Gasteiger partial charge on any atom is -0.397 e. The summed E-state index contributed by atoms with van der Waals surface area (Å²) >= 11 is 3.28. The first-order valence-corrected chi connectivity index (χ1v) is 4.63. The SMILES string of the molecule is Nc1ccccc1-n1ccc(Br)n1. The van der Waals surface area contributed by atoms with E-state index in [0.717, 1.165) is 16.0 Å². The van der Waals surface area contributed by atoms with Gasteiger partial charge in [0, 0.05) is 6.20 Å². The number of hydrogen-bond donors (Lipinski definition) is 1. The molecule has 1 heterocycles. The van der Waals surface area contributed by atoms with Crippen LogP contribution in [0.3, 0.4) is 0 Å². The summed E-state index contributed by atoms with van der Waals surface area (Å²) in [5.41, 5.74) is 7.40. The summed E-state index contributed by atoms with van der Waals surface area (Å²) in [6.45, 7) is 0. The summed E-state index contributed by atoms with van der Waals surface area (Å²) in [6, 6.07) is 9.48. The third kappa shape index (κ3) is 1.58. The smallest absolute Gasteiger partial charge is 0.128 e. The number of benzene rings is 1. The van der Waals surface area contributed by atoms with Gasteiger partial charge < -0.3 is 5.73 Å². The highest BCUT2D eigenvalue weighted by atomic mass is 79.9. The number of hydrogen-bond acceptors (Lipinski definition) is 2. The highest BCUT2D eigenvalue weighted by Crippen LogP contribution is 2.16. The van der Waals surface area contributed by atoms with Gasteiger partial charge in [-0.05, 0) is 34.1 Å². The average Bonchev–Trinajstić information content (AvgIpc) is 2.53. The summed E-state index contributed by atoms with van der Waals surface area (Å²) in [5, 5.41) is 4.20. The van der Waals surface area contributed by atoms with Gasteiger partial charge in [-0.2, -0.15) is 5.10 Å². The number of nitrogen functional groups attached to an aromatic ring is 1. The van der Waals surface area contributed by atoms with E-state index in [9.17, 15) is 0 Å². The molecule has 0 fully saturated rings. The maximum absolute atomic E-state index is 5.79. The van der Waals surface area contributed by atoms with Crippen LogP contribution in [0.1, 0.15) is 0 Å². The Bertz CT molecular complexity index is 422. The molecular weight excluding hydrogens is 230 g/mol. The van der Waals surface area contributed by atoms with Gasteiger partial charge in [0.15, 0.2) is 0 Å². The van der Waals surface area contributed by atoms with Gasteiger partial charge in [-0.3, -0.25) is 0 Å². The zero-order valence-corrected chi connectivity index (χ0v) is 8.40. The van der Waals surface area contributed by atoms with Crippen molar-refractivity contribution in [2.24, 2.45) is 0 Å². The van der Waals surface area contributed by atoms with Gasteiger partial charge in [0.25, 0.3) is 0 Å². The molecule has 0 aliphatic heterocycles. The third-order valence-corrected chi connectivity index (χ3v) is 2.16. The predicted molar refractivity (Wildman–Crippen MR) is 55.7 cm³/mol. The maximum atomic E-state index is 5.79. The minimum absolute atomic E-state index is 0.720. The second kappa shape index (κ2) is 3.22. The molecule has 0 saturated carbocycles. The molecule has 0 amide bonds. The predicted octanol–water partition coefficient (Wildman–Crippen LogP) is 2.22. The van der Waals surface area contributed by atoms with Crippen molar-refractivity contribution in [1.82, 2.24) is 9.78 Å². The molecule has 1 aromatic heterocycles. The van der Waals surface area contributed by atoms with E-state index in [1.807, 2.05) is 36.5 Å². The van der Waals surface area contributed by atoms with Crippen LogP contribution in [-0.2, 0) is 0 Å². The first-order valence-electron chi connectivity index (χ1n) is 3.83. The van der Waals surface area contributed by atoms with E-state index in [0.29, 0.717) is 0 Å². The Hall–Kier alpha value is -1.29. The molecule has 2 rings (SSSR count). The Morgan fingerprint density at radius 1 is 1.23 bits per heavy atom. The van der Waals surface area contributed by atoms with Crippen LogP contribution in [0.15, 0.2) is 41.1 Å². The van der Waals surface area contributed by atoms with Crippen molar-refractivity contribution < 1.29 is 0 Å². The molecule has 0 spiro atoms. The molecular formula is C9H8BrN3. The molecule has 3 nitrogen and oxygen atoms in total. The number of nitrogens with two attached hydrogens (primary N) is 1. The van der Waals surface area contributed by atoms with Crippen molar-refractivity contribution in [3.63, 3.8) is 0 Å². The van der Waals surface area contributed by atoms with Crippen LogP contribution in [0.5, 0.6) is 0 Å². The Labute approximate surface area is 84.3 Å². The number of anilines is 1. The lowest BCUT2D eigenvalue weighted by molar-refractivity contribution is 0.873. The van der Waals surface area contributed by atoms with Gasteiger partial charge >= 0.3 is 0 Å². The molecule has 4 heteroatoms. The van der Waals surface area contributed by atoms with Gasteiger partial charge in [-0.15, -0.1) is 0 Å². The molecule has 2 N–H and O–H groups in total. The first kappa shape index (κ1) is 8.31. The van der Waals surface area contributed by atoms with Crippen LogP contribution < -0.4 is 5.73 Å². The number of para-hydroxylation sites is 2. The van der Waals surface area contributed by atoms with Crippen LogP contribution >= 0.6 is 15.9 Å². The third-order valence-electron chi connectivity index (χ3n) is 1.74. The van der Waals surface area contributed by atoms with Crippen LogP contribution in [0.4, 0.5) is 5.69 Å². The molecule has 0 bridgehead atoms. The van der Waals surface area contributed by atoms with E-state index in [4.69, 9.17) is 5.73 Å². The zero-order chi connectivity index (χ0) is 9.26. The summed E-state index contributed by atoms with van der Waals surface area (Å²) in [5.74, 6) is 0. The number of nitrogens with zero attached hydrogens (tertiary/aromatic N) is 2. The Morgan fingerprint density at radius 3 is 2.62 bits per heavy atom. The molecule has 0 radical (unpaired) electrons. The minimum atomic E-state index is 0.720. The number of halogens is 1. The van der Waals surface area contributed by atoms with Crippen molar-refractivity contribution >= 4 is 21.6 Å². The average molecular weight is 238 g/mol. The van der Waals surface area contributed by atoms with Crippen LogP contribution in [0.25, 0.3) is 5.69 Å². The molecule has 2 aromatic rings. The Morgan fingerprint density at radius 2 is 2.00 bits per heavy atom. The van der Waals surface area contributed by atoms with Crippen LogP contribution in [-0.4, -0.2) is 9.78 Å². The van der Waals surface area contributed by atoms with Crippen molar-refractivity contribution in [1.29, 1.82) is 0 Å². The Kier molecular flexibility index (Phi) is 2.06. The summed E-state index contributed by atoms with van der Waals surface area (Å²) in [4.78, 5) is 0. The van der Waals surface area contributed by atoms with Crippen molar-refractivity contribution in [3.8, 4) is 5.69 Å². The highest BCUT2D eigenvalue weighted by Gasteiger charge is 2.01. The fourth-order valence-electron chi connectivity index (χ4n) is 1.13. The molecule has 0 unspecified atom stereocenters. The molecule has 0 aliphatic rings. The topological polar surface area (TPSA) is 43.8 Å². The molecule has 66 valence electrons. The lowest BCUT2D eigenvalue weighted by Gasteiger charge is -2.03. The lowest BCUT2D eigenvalue weighted by atomic mass is 10.3. The molecule has 0 saturated heterocycles. The maximum Gasteiger partial charge on any atom is 0.128 e. The van der Waals surface area contributed by atoms with E-state index in [2.05, 4.69) is 21.0 Å². The first-order chi connectivity index (χ1) is 6.27. The quantitative estimate of drug-likeness (QED) is 0.774. The lowest BCUT2D eigenvalue weighted by Crippen LogP contribution is -1.99. The molecule has 0 atom stereocenters. The van der Waals surface area contributed by atoms with Crippen molar-refractivity contribution in [2.45, 2.75) is 0 Å². The monoisotopic (exact) mass is 237 g/mol. The van der Waals surface area contributed by atoms with Gasteiger partial charge in [0.1, 0.15) is 4.60 Å². The fourth-order valence-corrected chi connectivity index (χ4v) is 1.42. The number of aromatic nitrogens is 2. The van der Waals surface area contributed by atoms with Crippen molar-refractivity contribution in [2.75, 3.05) is 5.73 Å². The van der Waals surface area contributed by atoms with E-state index < -0.39 is 0 Å². The van der Waals surface area contributed by atoms with Gasteiger partial charge in [0.2, 0.25) is 0 Å². The zero-order valence-electron chi connectivity index (χ0n) is 6.81. The van der Waals surface area contributed by atoms with Gasteiger partial charge in [-0.25, -0.2) is 4.68 Å². The van der Waals surface area contributed by atoms with Gasteiger partial charge in [-0.1, -0.05) is 12.1 Å². The standard InChI is InChI=1S/C9H8BrN3/c10-9-5-6-13(12-9)8-4-2-1-3-7(8)11/h1-6H,11H2. The van der Waals surface area contributed by atoms with Crippen molar-refractivity contribution in [3.05, 3.63) is 41.1 Å². The normalized spacial score (nSPS) is 10.2. The molecule has 13 heavy (non-hydrogen) atoms. The van der Waals surface area contributed by atoms with E-state index in [1.54, 1.807) is 4.68 Å². The summed E-state index contributed by atoms with van der Waals surface area (Å²) in [7, 11) is 0. The fraction of sp³-hybridized carbons (Fsp3) is 0. The van der Waals surface area contributed by atoms with Crippen LogP contribution in [0, 0.1) is 0 Å². The number of rotatable bonds is 1. The second-order valence-electron chi connectivity index (χ2n) is 2.64. The van der Waals surface area contributed by atoms with E-state index >= 15 is 0 Å². The van der Waals surface area contributed by atoms with E-state index in [-0.39, 0.29) is 0 Å². The van der Waals surface area contributed by atoms with Gasteiger partial charge in [0.05, 0.1) is 11.4 Å². The molecule has 1 aromatic carbocycles. The summed E-state index contributed by atoms with van der Waals surface area (Å²) in [6.07, 6.45) is 1.86. The van der Waals surface area contributed by atoms with Crippen LogP contribution in [0.2, 0.25) is 0 Å². The molecule has 0 aliphatic carbocycles. The Balaban J connectivity index is 2.52. The van der Waals surface area contributed by atoms with E-state index in [1.165, 1.54) is 0 Å². The highest BCUT2D eigenvalue weighted by molar-refractivity contribution is 9.10. The largest absolute Gasteiger partial charge is 0.397 e. The summed E-state index contributed by atoms with van der Waals surface area (Å²) < 4.78 is 2.54. The second-order valence-corrected chi connectivity index (χ2v) is 3.45.